The summed E-state index contributed by atoms with van der Waals surface area (Å²) in [5.41, 5.74) is 1.01. The third-order valence-electron chi connectivity index (χ3n) is 1.47. The fraction of sp³-hybridized carbons (Fsp3) is 0.250. The minimum atomic E-state index is 0. The molecule has 0 fully saturated rings. The fourth-order valence-electron chi connectivity index (χ4n) is 0.979. The van der Waals surface area contributed by atoms with E-state index < -0.39 is 0 Å². The van der Waals surface area contributed by atoms with Crippen LogP contribution in [0.4, 0.5) is 0 Å². The first-order valence-corrected chi connectivity index (χ1v) is 4.54. The molecule has 1 aromatic rings. The standard InChI is InChI=1S/C8H8N2S.2BrH/c1-2-4-9-7(3-1)8-10-5-6-11-8;;/h1-4H,5-6H2;2*1H. The molecule has 1 aromatic heterocycles. The van der Waals surface area contributed by atoms with Crippen LogP contribution in [0.5, 0.6) is 0 Å². The zero-order valence-corrected chi connectivity index (χ0v) is 11.1. The molecular weight excluding hydrogens is 316 g/mol. The summed E-state index contributed by atoms with van der Waals surface area (Å²) in [5, 5.41) is 1.09. The minimum absolute atomic E-state index is 0. The van der Waals surface area contributed by atoms with E-state index in [0.29, 0.717) is 0 Å². The van der Waals surface area contributed by atoms with Crippen molar-refractivity contribution in [3.63, 3.8) is 0 Å². The third-order valence-corrected chi connectivity index (χ3v) is 2.47. The number of hydrogen-bond acceptors (Lipinski definition) is 3. The predicted octanol–water partition coefficient (Wildman–Crippen LogP) is 2.73. The van der Waals surface area contributed by atoms with Crippen LogP contribution in [0, 0.1) is 0 Å². The largest absolute Gasteiger partial charge is 0.275 e. The highest BCUT2D eigenvalue weighted by molar-refractivity contribution is 8.93. The zero-order chi connectivity index (χ0) is 7.52. The van der Waals surface area contributed by atoms with Gasteiger partial charge in [0.25, 0.3) is 0 Å². The van der Waals surface area contributed by atoms with Gasteiger partial charge in [-0.3, -0.25) is 9.98 Å². The second-order valence-corrected chi connectivity index (χ2v) is 3.33. The van der Waals surface area contributed by atoms with Gasteiger partial charge < -0.3 is 0 Å². The normalized spacial score (nSPS) is 14.0. The average Bonchev–Trinajstić information content (AvgIpc) is 2.58. The summed E-state index contributed by atoms with van der Waals surface area (Å²) in [6.07, 6.45) is 1.80. The summed E-state index contributed by atoms with van der Waals surface area (Å²) < 4.78 is 0. The number of pyridine rings is 1. The van der Waals surface area contributed by atoms with Crippen LogP contribution in [0.3, 0.4) is 0 Å². The smallest absolute Gasteiger partial charge is 0.116 e. The Bertz CT molecular complexity index is 277. The molecule has 0 saturated carbocycles. The minimum Gasteiger partial charge on any atom is -0.275 e. The summed E-state index contributed by atoms with van der Waals surface area (Å²) in [7, 11) is 0. The van der Waals surface area contributed by atoms with Crippen molar-refractivity contribution in [3.05, 3.63) is 30.1 Å². The number of nitrogens with zero attached hydrogens (tertiary/aromatic N) is 2. The molecule has 2 nitrogen and oxygen atoms in total. The molecule has 0 radical (unpaired) electrons. The van der Waals surface area contributed by atoms with Gasteiger partial charge in [-0.15, -0.1) is 45.7 Å². The zero-order valence-electron chi connectivity index (χ0n) is 6.84. The van der Waals surface area contributed by atoms with Gasteiger partial charge in [0.15, 0.2) is 0 Å². The molecule has 0 saturated heterocycles. The van der Waals surface area contributed by atoms with Crippen molar-refractivity contribution in [1.82, 2.24) is 4.98 Å². The molecule has 2 rings (SSSR count). The number of halogens is 2. The Labute approximate surface area is 103 Å². The molecule has 2 heterocycles. The Morgan fingerprint density at radius 2 is 2.08 bits per heavy atom. The quantitative estimate of drug-likeness (QED) is 0.793. The van der Waals surface area contributed by atoms with Gasteiger partial charge in [-0.2, -0.15) is 0 Å². The van der Waals surface area contributed by atoms with Crippen LogP contribution in [0.25, 0.3) is 0 Å². The maximum absolute atomic E-state index is 4.32. The molecule has 0 bridgehead atoms. The van der Waals surface area contributed by atoms with Crippen LogP contribution in [-0.2, 0) is 0 Å². The van der Waals surface area contributed by atoms with Crippen molar-refractivity contribution >= 4 is 50.8 Å². The average molecular weight is 326 g/mol. The van der Waals surface area contributed by atoms with Crippen molar-refractivity contribution < 1.29 is 0 Å². The van der Waals surface area contributed by atoms with Crippen molar-refractivity contribution in [1.29, 1.82) is 0 Å². The number of thioether (sulfide) groups is 1. The molecule has 0 aromatic carbocycles. The van der Waals surface area contributed by atoms with E-state index in [1.807, 2.05) is 18.2 Å². The van der Waals surface area contributed by atoms with Crippen LogP contribution in [0.2, 0.25) is 0 Å². The van der Waals surface area contributed by atoms with E-state index >= 15 is 0 Å². The molecule has 0 amide bonds. The van der Waals surface area contributed by atoms with Crippen molar-refractivity contribution in [2.45, 2.75) is 0 Å². The maximum atomic E-state index is 4.32. The first-order chi connectivity index (χ1) is 5.47. The van der Waals surface area contributed by atoms with Gasteiger partial charge in [0.2, 0.25) is 0 Å². The molecule has 0 atom stereocenters. The van der Waals surface area contributed by atoms with E-state index in [4.69, 9.17) is 0 Å². The second-order valence-electron chi connectivity index (χ2n) is 2.25. The lowest BCUT2D eigenvalue weighted by Crippen LogP contribution is -1.93. The van der Waals surface area contributed by atoms with Crippen LogP contribution >= 0.6 is 45.7 Å². The third kappa shape index (κ3) is 3.40. The highest BCUT2D eigenvalue weighted by Gasteiger charge is 2.09. The molecule has 72 valence electrons. The molecule has 0 N–H and O–H groups in total. The molecule has 1 aliphatic heterocycles. The second kappa shape index (κ2) is 6.56. The molecule has 0 unspecified atom stereocenters. The summed E-state index contributed by atoms with van der Waals surface area (Å²) >= 11 is 1.78. The van der Waals surface area contributed by atoms with E-state index in [9.17, 15) is 0 Å². The van der Waals surface area contributed by atoms with Gasteiger partial charge in [0.05, 0.1) is 5.69 Å². The highest BCUT2D eigenvalue weighted by Crippen LogP contribution is 2.16. The molecule has 5 heteroatoms. The predicted molar refractivity (Wildman–Crippen MR) is 68.7 cm³/mol. The van der Waals surface area contributed by atoms with Crippen LogP contribution in [-0.4, -0.2) is 22.3 Å². The van der Waals surface area contributed by atoms with Crippen molar-refractivity contribution in [2.75, 3.05) is 12.3 Å². The topological polar surface area (TPSA) is 25.2 Å². The summed E-state index contributed by atoms with van der Waals surface area (Å²) in [6, 6.07) is 5.91. The Kier molecular flexibility index (Phi) is 6.63. The number of aliphatic imine (C=N–C) groups is 1. The van der Waals surface area contributed by atoms with E-state index in [-0.39, 0.29) is 34.0 Å². The van der Waals surface area contributed by atoms with Gasteiger partial charge in [-0.1, -0.05) is 6.07 Å². The van der Waals surface area contributed by atoms with Gasteiger partial charge in [-0.25, -0.2) is 0 Å². The number of aromatic nitrogens is 1. The van der Waals surface area contributed by atoms with Gasteiger partial charge >= 0.3 is 0 Å². The van der Waals surface area contributed by atoms with E-state index in [2.05, 4.69) is 9.98 Å². The lowest BCUT2D eigenvalue weighted by atomic mass is 10.4. The summed E-state index contributed by atoms with van der Waals surface area (Å²) in [6.45, 7) is 0.941. The van der Waals surface area contributed by atoms with Gasteiger partial charge in [0, 0.05) is 18.5 Å². The van der Waals surface area contributed by atoms with E-state index in [1.54, 1.807) is 18.0 Å². The SMILES string of the molecule is Br.Br.c1ccc(C2=NCCS2)nc1. The first kappa shape index (κ1) is 13.1. The van der Waals surface area contributed by atoms with Crippen molar-refractivity contribution in [3.8, 4) is 0 Å². The lowest BCUT2D eigenvalue weighted by Gasteiger charge is -1.95. The van der Waals surface area contributed by atoms with E-state index in [1.165, 1.54) is 0 Å². The summed E-state index contributed by atoms with van der Waals surface area (Å²) in [5.74, 6) is 1.10. The number of hydrogen-bond donors (Lipinski definition) is 0. The lowest BCUT2D eigenvalue weighted by molar-refractivity contribution is 1.17. The molecule has 13 heavy (non-hydrogen) atoms. The molecule has 1 aliphatic rings. The monoisotopic (exact) mass is 324 g/mol. The van der Waals surface area contributed by atoms with Crippen LogP contribution < -0.4 is 0 Å². The number of rotatable bonds is 1. The van der Waals surface area contributed by atoms with Crippen molar-refractivity contribution in [2.24, 2.45) is 4.99 Å². The summed E-state index contributed by atoms with van der Waals surface area (Å²) in [4.78, 5) is 8.53. The highest BCUT2D eigenvalue weighted by atomic mass is 79.9. The first-order valence-electron chi connectivity index (χ1n) is 3.55. The van der Waals surface area contributed by atoms with Gasteiger partial charge in [-0.05, 0) is 12.1 Å². The molecule has 0 aliphatic carbocycles. The van der Waals surface area contributed by atoms with Gasteiger partial charge in [0.1, 0.15) is 5.04 Å². The fourth-order valence-corrected chi connectivity index (χ4v) is 1.81. The molecule has 0 spiro atoms. The van der Waals surface area contributed by atoms with Crippen LogP contribution in [0.15, 0.2) is 29.4 Å². The Morgan fingerprint density at radius 1 is 1.23 bits per heavy atom. The van der Waals surface area contributed by atoms with E-state index in [0.717, 1.165) is 23.0 Å². The maximum Gasteiger partial charge on any atom is 0.116 e. The molecular formula is C8H10Br2N2S. The Balaban J connectivity index is 0.000000720. The Morgan fingerprint density at radius 3 is 2.62 bits per heavy atom. The Hall–Kier alpha value is 0.130. The van der Waals surface area contributed by atoms with Crippen LogP contribution in [0.1, 0.15) is 5.69 Å².